The summed E-state index contributed by atoms with van der Waals surface area (Å²) in [6, 6.07) is 7.67. The number of carbonyl (C=O) groups excluding carboxylic acids is 1. The predicted molar refractivity (Wildman–Crippen MR) is 87.9 cm³/mol. The number of amides is 1. The van der Waals surface area contributed by atoms with Crippen molar-refractivity contribution in [2.75, 3.05) is 6.61 Å². The normalized spacial score (nSPS) is 16.0. The fourth-order valence-electron chi connectivity index (χ4n) is 2.03. The molecule has 1 aromatic rings. The first-order valence-electron chi connectivity index (χ1n) is 7.26. The van der Waals surface area contributed by atoms with E-state index >= 15 is 0 Å². The van der Waals surface area contributed by atoms with Crippen molar-refractivity contribution in [3.63, 3.8) is 0 Å². The maximum Gasteiger partial charge on any atom is 0.273 e. The van der Waals surface area contributed by atoms with Gasteiger partial charge in [0.15, 0.2) is 5.11 Å². The Balaban J connectivity index is 1.86. The maximum absolute atomic E-state index is 11.5. The van der Waals surface area contributed by atoms with E-state index in [0.717, 1.165) is 24.3 Å². The molecule has 0 saturated carbocycles. The summed E-state index contributed by atoms with van der Waals surface area (Å²) in [6.07, 6.45) is 6.55. The molecule has 0 radical (unpaired) electrons. The van der Waals surface area contributed by atoms with E-state index in [4.69, 9.17) is 17.0 Å². The topological polar surface area (TPSA) is 50.4 Å². The van der Waals surface area contributed by atoms with Crippen LogP contribution in [0.15, 0.2) is 30.0 Å². The minimum atomic E-state index is -0.198. The van der Waals surface area contributed by atoms with Crippen molar-refractivity contribution < 1.29 is 9.53 Å². The molecule has 5 heteroatoms. The molecule has 1 aromatic carbocycles. The van der Waals surface area contributed by atoms with Crippen molar-refractivity contribution in [1.82, 2.24) is 10.6 Å². The van der Waals surface area contributed by atoms with Gasteiger partial charge in [-0.05, 0) is 42.4 Å². The highest BCUT2D eigenvalue weighted by molar-refractivity contribution is 7.80. The molecule has 1 aliphatic rings. The number of hydrogen-bond acceptors (Lipinski definition) is 3. The Morgan fingerprint density at radius 3 is 2.52 bits per heavy atom. The molecule has 2 rings (SSSR count). The van der Waals surface area contributed by atoms with Crippen LogP contribution in [0.4, 0.5) is 0 Å². The van der Waals surface area contributed by atoms with Gasteiger partial charge in [0, 0.05) is 0 Å². The van der Waals surface area contributed by atoms with E-state index in [0.29, 0.717) is 10.8 Å². The third-order valence-corrected chi connectivity index (χ3v) is 3.38. The molecule has 1 fully saturated rings. The standard InChI is InChI=1S/C16H20N2O2S/c1-2-3-4-5-10-20-13-8-6-12(7-9-13)11-14-15(19)18-16(21)17-14/h6-9,11H,2-5,10H2,1H3,(H2,17,18,19,21)/b14-11+. The van der Waals surface area contributed by atoms with Crippen LogP contribution in [-0.4, -0.2) is 17.6 Å². The fraction of sp³-hybridized carbons (Fsp3) is 0.375. The van der Waals surface area contributed by atoms with E-state index in [1.165, 1.54) is 19.3 Å². The molecule has 0 aromatic heterocycles. The number of nitrogens with one attached hydrogen (secondary N) is 2. The van der Waals surface area contributed by atoms with Crippen LogP contribution < -0.4 is 15.4 Å². The lowest BCUT2D eigenvalue weighted by atomic mass is 10.2. The number of hydrogen-bond donors (Lipinski definition) is 2. The number of ether oxygens (including phenoxy) is 1. The van der Waals surface area contributed by atoms with E-state index < -0.39 is 0 Å². The second-order valence-electron chi connectivity index (χ2n) is 4.94. The first kappa shape index (κ1) is 15.5. The van der Waals surface area contributed by atoms with Crippen LogP contribution in [0.25, 0.3) is 6.08 Å². The van der Waals surface area contributed by atoms with Gasteiger partial charge in [0.05, 0.1) is 6.61 Å². The first-order chi connectivity index (χ1) is 10.2. The number of rotatable bonds is 7. The number of thiocarbonyl (C=S) groups is 1. The van der Waals surface area contributed by atoms with Crippen LogP contribution in [-0.2, 0) is 4.79 Å². The van der Waals surface area contributed by atoms with Gasteiger partial charge in [0.1, 0.15) is 11.4 Å². The molecule has 0 aliphatic carbocycles. The molecular formula is C16H20N2O2S. The Kier molecular flexibility index (Phi) is 5.75. The Morgan fingerprint density at radius 1 is 1.14 bits per heavy atom. The summed E-state index contributed by atoms with van der Waals surface area (Å²) >= 11 is 4.88. The van der Waals surface area contributed by atoms with E-state index in [2.05, 4.69) is 17.6 Å². The van der Waals surface area contributed by atoms with Crippen molar-refractivity contribution in [3.8, 4) is 5.75 Å². The molecule has 0 bridgehead atoms. The van der Waals surface area contributed by atoms with Crippen LogP contribution in [0.1, 0.15) is 38.2 Å². The molecule has 4 nitrogen and oxygen atoms in total. The average molecular weight is 304 g/mol. The summed E-state index contributed by atoms with van der Waals surface area (Å²) in [5, 5.41) is 5.70. The van der Waals surface area contributed by atoms with Gasteiger partial charge in [-0.1, -0.05) is 38.3 Å². The smallest absolute Gasteiger partial charge is 0.273 e. The molecular weight excluding hydrogens is 284 g/mol. The lowest BCUT2D eigenvalue weighted by Crippen LogP contribution is -2.21. The molecule has 0 spiro atoms. The van der Waals surface area contributed by atoms with Crippen molar-refractivity contribution >= 4 is 29.3 Å². The zero-order chi connectivity index (χ0) is 15.1. The molecule has 2 N–H and O–H groups in total. The summed E-state index contributed by atoms with van der Waals surface area (Å²) in [7, 11) is 0. The molecule has 1 aliphatic heterocycles. The van der Waals surface area contributed by atoms with E-state index in [1.54, 1.807) is 6.08 Å². The van der Waals surface area contributed by atoms with Crippen molar-refractivity contribution in [2.45, 2.75) is 32.6 Å². The number of unbranched alkanes of at least 4 members (excludes halogenated alkanes) is 3. The predicted octanol–water partition coefficient (Wildman–Crippen LogP) is 2.99. The van der Waals surface area contributed by atoms with E-state index in [9.17, 15) is 4.79 Å². The second-order valence-corrected chi connectivity index (χ2v) is 5.35. The highest BCUT2D eigenvalue weighted by atomic mass is 32.1. The van der Waals surface area contributed by atoms with Crippen molar-refractivity contribution in [3.05, 3.63) is 35.5 Å². The van der Waals surface area contributed by atoms with Gasteiger partial charge in [0.2, 0.25) is 0 Å². The fourth-order valence-corrected chi connectivity index (χ4v) is 2.23. The minimum absolute atomic E-state index is 0.198. The second kappa shape index (κ2) is 7.78. The van der Waals surface area contributed by atoms with Gasteiger partial charge in [-0.2, -0.15) is 0 Å². The maximum atomic E-state index is 11.5. The van der Waals surface area contributed by atoms with Crippen LogP contribution in [0.5, 0.6) is 5.75 Å². The highest BCUT2D eigenvalue weighted by Gasteiger charge is 2.19. The quantitative estimate of drug-likeness (QED) is 0.462. The van der Waals surface area contributed by atoms with E-state index in [1.807, 2.05) is 24.3 Å². The van der Waals surface area contributed by atoms with Gasteiger partial charge in [0.25, 0.3) is 5.91 Å². The summed E-state index contributed by atoms with van der Waals surface area (Å²) in [4.78, 5) is 11.5. The highest BCUT2D eigenvalue weighted by Crippen LogP contribution is 2.15. The van der Waals surface area contributed by atoms with Gasteiger partial charge >= 0.3 is 0 Å². The Labute approximate surface area is 130 Å². The zero-order valence-electron chi connectivity index (χ0n) is 12.1. The molecule has 21 heavy (non-hydrogen) atoms. The SMILES string of the molecule is CCCCCCOc1ccc(/C=C2/NC(=S)NC2=O)cc1. The lowest BCUT2D eigenvalue weighted by molar-refractivity contribution is -0.115. The third kappa shape index (κ3) is 4.86. The Morgan fingerprint density at radius 2 is 1.90 bits per heavy atom. The van der Waals surface area contributed by atoms with Crippen molar-refractivity contribution in [2.24, 2.45) is 0 Å². The Bertz CT molecular complexity index is 538. The van der Waals surface area contributed by atoms with Crippen LogP contribution in [0.2, 0.25) is 0 Å². The van der Waals surface area contributed by atoms with E-state index in [-0.39, 0.29) is 5.91 Å². The molecule has 112 valence electrons. The summed E-state index contributed by atoms with van der Waals surface area (Å²) in [6.45, 7) is 2.94. The van der Waals surface area contributed by atoms with Gasteiger partial charge in [-0.15, -0.1) is 0 Å². The average Bonchev–Trinajstić information content (AvgIpc) is 2.78. The molecule has 1 heterocycles. The summed E-state index contributed by atoms with van der Waals surface area (Å²) in [5.74, 6) is 0.657. The lowest BCUT2D eigenvalue weighted by Gasteiger charge is -2.06. The van der Waals surface area contributed by atoms with Gasteiger partial charge < -0.3 is 10.1 Å². The number of benzene rings is 1. The monoisotopic (exact) mass is 304 g/mol. The van der Waals surface area contributed by atoms with Crippen LogP contribution >= 0.6 is 12.2 Å². The van der Waals surface area contributed by atoms with Gasteiger partial charge in [-0.3, -0.25) is 10.1 Å². The number of carbonyl (C=O) groups is 1. The van der Waals surface area contributed by atoms with Crippen LogP contribution in [0, 0.1) is 0 Å². The largest absolute Gasteiger partial charge is 0.494 e. The molecule has 1 amide bonds. The van der Waals surface area contributed by atoms with Gasteiger partial charge in [-0.25, -0.2) is 0 Å². The Hall–Kier alpha value is -1.88. The zero-order valence-corrected chi connectivity index (χ0v) is 13.0. The van der Waals surface area contributed by atoms with Crippen LogP contribution in [0.3, 0.4) is 0 Å². The summed E-state index contributed by atoms with van der Waals surface area (Å²) in [5.41, 5.74) is 1.39. The first-order valence-corrected chi connectivity index (χ1v) is 7.67. The minimum Gasteiger partial charge on any atom is -0.494 e. The molecule has 0 atom stereocenters. The summed E-state index contributed by atoms with van der Waals surface area (Å²) < 4.78 is 5.68. The van der Waals surface area contributed by atoms with Crippen molar-refractivity contribution in [1.29, 1.82) is 0 Å². The third-order valence-electron chi connectivity index (χ3n) is 3.18. The molecule has 0 unspecified atom stereocenters. The molecule has 1 saturated heterocycles.